The van der Waals surface area contributed by atoms with Crippen LogP contribution in [0.2, 0.25) is 0 Å². The Morgan fingerprint density at radius 2 is 2.08 bits per heavy atom. The number of halogens is 1. The van der Waals surface area contributed by atoms with Gasteiger partial charge in [0, 0.05) is 19.6 Å². The third kappa shape index (κ3) is 2.70. The van der Waals surface area contributed by atoms with Crippen molar-refractivity contribution < 1.29 is 4.39 Å². The molecule has 0 saturated carbocycles. The van der Waals surface area contributed by atoms with Crippen LogP contribution in [0.1, 0.15) is 6.92 Å². The third-order valence-corrected chi connectivity index (χ3v) is 1.83. The van der Waals surface area contributed by atoms with Crippen molar-refractivity contribution in [1.82, 2.24) is 0 Å². The fourth-order valence-electron chi connectivity index (χ4n) is 1.29. The minimum atomic E-state index is -0.203. The zero-order valence-electron chi connectivity index (χ0n) is 8.00. The van der Waals surface area contributed by atoms with E-state index in [1.807, 2.05) is 24.9 Å². The van der Waals surface area contributed by atoms with Crippen LogP contribution >= 0.6 is 0 Å². The zero-order valence-corrected chi connectivity index (χ0v) is 8.00. The second-order valence-corrected chi connectivity index (χ2v) is 3.31. The molecule has 0 aliphatic heterocycles. The van der Waals surface area contributed by atoms with E-state index in [4.69, 9.17) is 5.73 Å². The molecule has 0 radical (unpaired) electrons. The maximum Gasteiger partial charge on any atom is 0.146 e. The first-order valence-corrected chi connectivity index (χ1v) is 4.32. The summed E-state index contributed by atoms with van der Waals surface area (Å²) in [6.07, 6.45) is 0. The average Bonchev–Trinajstić information content (AvgIpc) is 2.03. The molecule has 1 atom stereocenters. The average molecular weight is 182 g/mol. The van der Waals surface area contributed by atoms with Crippen molar-refractivity contribution in [1.29, 1.82) is 0 Å². The molecule has 0 saturated heterocycles. The van der Waals surface area contributed by atoms with E-state index in [0.29, 0.717) is 12.2 Å². The lowest BCUT2D eigenvalue weighted by Gasteiger charge is -2.21. The summed E-state index contributed by atoms with van der Waals surface area (Å²) in [5, 5.41) is 0. The van der Waals surface area contributed by atoms with Gasteiger partial charge >= 0.3 is 0 Å². The molecule has 0 heterocycles. The van der Waals surface area contributed by atoms with Crippen molar-refractivity contribution in [2.24, 2.45) is 5.73 Å². The van der Waals surface area contributed by atoms with E-state index in [2.05, 4.69) is 0 Å². The van der Waals surface area contributed by atoms with E-state index < -0.39 is 0 Å². The van der Waals surface area contributed by atoms with Gasteiger partial charge in [-0.25, -0.2) is 4.39 Å². The smallest absolute Gasteiger partial charge is 0.146 e. The molecule has 0 aliphatic rings. The predicted molar refractivity (Wildman–Crippen MR) is 53.3 cm³/mol. The lowest BCUT2D eigenvalue weighted by Crippen LogP contribution is -2.33. The first-order valence-electron chi connectivity index (χ1n) is 4.32. The standard InChI is InChI=1S/C10H15FN2/c1-8(12)7-13(2)10-6-4-3-5-9(10)11/h3-6,8H,7,12H2,1-2H3/t8-/m0/s1. The Labute approximate surface area is 78.2 Å². The molecule has 1 rings (SSSR count). The summed E-state index contributed by atoms with van der Waals surface area (Å²) in [6, 6.07) is 6.74. The maximum absolute atomic E-state index is 13.2. The summed E-state index contributed by atoms with van der Waals surface area (Å²) in [5.41, 5.74) is 6.21. The quantitative estimate of drug-likeness (QED) is 0.769. The molecule has 2 nitrogen and oxygen atoms in total. The fraction of sp³-hybridized carbons (Fsp3) is 0.400. The van der Waals surface area contributed by atoms with Crippen molar-refractivity contribution in [2.75, 3.05) is 18.5 Å². The lowest BCUT2D eigenvalue weighted by atomic mass is 10.2. The van der Waals surface area contributed by atoms with Crippen molar-refractivity contribution in [2.45, 2.75) is 13.0 Å². The largest absolute Gasteiger partial charge is 0.371 e. The zero-order chi connectivity index (χ0) is 9.84. The van der Waals surface area contributed by atoms with E-state index in [1.165, 1.54) is 6.07 Å². The number of nitrogens with two attached hydrogens (primary N) is 1. The van der Waals surface area contributed by atoms with Crippen molar-refractivity contribution >= 4 is 5.69 Å². The van der Waals surface area contributed by atoms with Crippen LogP contribution in [0.5, 0.6) is 0 Å². The van der Waals surface area contributed by atoms with E-state index in [-0.39, 0.29) is 11.9 Å². The van der Waals surface area contributed by atoms with Crippen LogP contribution in [-0.4, -0.2) is 19.6 Å². The van der Waals surface area contributed by atoms with Crippen LogP contribution in [0, 0.1) is 5.82 Å². The fourth-order valence-corrected chi connectivity index (χ4v) is 1.29. The van der Waals surface area contributed by atoms with E-state index in [0.717, 1.165) is 0 Å². The second-order valence-electron chi connectivity index (χ2n) is 3.31. The molecule has 2 N–H and O–H groups in total. The van der Waals surface area contributed by atoms with Crippen LogP contribution in [0.3, 0.4) is 0 Å². The van der Waals surface area contributed by atoms with Crippen molar-refractivity contribution in [3.63, 3.8) is 0 Å². The van der Waals surface area contributed by atoms with Crippen LogP contribution in [0.15, 0.2) is 24.3 Å². The van der Waals surface area contributed by atoms with Gasteiger partial charge in [0.2, 0.25) is 0 Å². The van der Waals surface area contributed by atoms with Crippen LogP contribution < -0.4 is 10.6 Å². The minimum absolute atomic E-state index is 0.0459. The van der Waals surface area contributed by atoms with Gasteiger partial charge < -0.3 is 10.6 Å². The number of hydrogen-bond acceptors (Lipinski definition) is 2. The molecule has 0 fully saturated rings. The minimum Gasteiger partial charge on any atom is -0.371 e. The molecule has 0 aromatic heterocycles. The highest BCUT2D eigenvalue weighted by molar-refractivity contribution is 5.46. The molecular formula is C10H15FN2. The molecule has 0 unspecified atom stereocenters. The van der Waals surface area contributed by atoms with Gasteiger partial charge in [0.1, 0.15) is 5.82 Å². The summed E-state index contributed by atoms with van der Waals surface area (Å²) in [7, 11) is 1.84. The summed E-state index contributed by atoms with van der Waals surface area (Å²) < 4.78 is 13.2. The summed E-state index contributed by atoms with van der Waals surface area (Å²) in [4.78, 5) is 1.82. The summed E-state index contributed by atoms with van der Waals surface area (Å²) in [6.45, 7) is 2.55. The summed E-state index contributed by atoms with van der Waals surface area (Å²) >= 11 is 0. The summed E-state index contributed by atoms with van der Waals surface area (Å²) in [5.74, 6) is -0.203. The van der Waals surface area contributed by atoms with Crippen molar-refractivity contribution in [3.05, 3.63) is 30.1 Å². The number of nitrogens with zero attached hydrogens (tertiary/aromatic N) is 1. The maximum atomic E-state index is 13.2. The monoisotopic (exact) mass is 182 g/mol. The molecule has 0 spiro atoms. The van der Waals surface area contributed by atoms with Gasteiger partial charge in [-0.05, 0) is 19.1 Å². The topological polar surface area (TPSA) is 29.3 Å². The van der Waals surface area contributed by atoms with Gasteiger partial charge in [-0.1, -0.05) is 12.1 Å². The normalized spacial score (nSPS) is 12.6. The van der Waals surface area contributed by atoms with Gasteiger partial charge in [-0.3, -0.25) is 0 Å². The molecular weight excluding hydrogens is 167 g/mol. The first-order chi connectivity index (χ1) is 6.11. The highest BCUT2D eigenvalue weighted by atomic mass is 19.1. The van der Waals surface area contributed by atoms with E-state index >= 15 is 0 Å². The Bertz CT molecular complexity index is 273. The number of benzene rings is 1. The molecule has 1 aromatic carbocycles. The molecule has 0 amide bonds. The number of para-hydroxylation sites is 1. The highest BCUT2D eigenvalue weighted by Crippen LogP contribution is 2.16. The first kappa shape index (κ1) is 9.99. The second kappa shape index (κ2) is 4.23. The number of likely N-dealkylation sites (N-methyl/N-ethyl adjacent to an activating group) is 1. The van der Waals surface area contributed by atoms with Crippen LogP contribution in [-0.2, 0) is 0 Å². The van der Waals surface area contributed by atoms with Gasteiger partial charge in [-0.2, -0.15) is 0 Å². The Balaban J connectivity index is 2.76. The molecule has 3 heteroatoms. The van der Waals surface area contributed by atoms with Gasteiger partial charge in [0.25, 0.3) is 0 Å². The Morgan fingerprint density at radius 1 is 1.46 bits per heavy atom. The Hall–Kier alpha value is -1.09. The van der Waals surface area contributed by atoms with Gasteiger partial charge in [0.05, 0.1) is 5.69 Å². The molecule has 72 valence electrons. The van der Waals surface area contributed by atoms with Crippen LogP contribution in [0.4, 0.5) is 10.1 Å². The molecule has 0 aliphatic carbocycles. The Kier molecular flexibility index (Phi) is 3.25. The molecule has 0 bridgehead atoms. The molecule has 1 aromatic rings. The van der Waals surface area contributed by atoms with Gasteiger partial charge in [-0.15, -0.1) is 0 Å². The van der Waals surface area contributed by atoms with E-state index in [1.54, 1.807) is 12.1 Å². The Morgan fingerprint density at radius 3 is 2.62 bits per heavy atom. The third-order valence-electron chi connectivity index (χ3n) is 1.83. The number of anilines is 1. The predicted octanol–water partition coefficient (Wildman–Crippen LogP) is 1.61. The van der Waals surface area contributed by atoms with Crippen LogP contribution in [0.25, 0.3) is 0 Å². The van der Waals surface area contributed by atoms with Crippen molar-refractivity contribution in [3.8, 4) is 0 Å². The van der Waals surface area contributed by atoms with Gasteiger partial charge in [0.15, 0.2) is 0 Å². The SMILES string of the molecule is C[C@H](N)CN(C)c1ccccc1F. The van der Waals surface area contributed by atoms with E-state index in [9.17, 15) is 4.39 Å². The highest BCUT2D eigenvalue weighted by Gasteiger charge is 2.07. The molecule has 13 heavy (non-hydrogen) atoms. The lowest BCUT2D eigenvalue weighted by molar-refractivity contribution is 0.616. The number of hydrogen-bond donors (Lipinski definition) is 1. The number of rotatable bonds is 3.